The lowest BCUT2D eigenvalue weighted by molar-refractivity contribution is -0.203. The molecule has 13 heteroatoms. The number of aromatic nitrogens is 1. The van der Waals surface area contributed by atoms with Gasteiger partial charge in [0.1, 0.15) is 6.61 Å². The summed E-state index contributed by atoms with van der Waals surface area (Å²) in [4.78, 5) is 3.98. The predicted molar refractivity (Wildman–Crippen MR) is 96.5 cm³/mol. The summed E-state index contributed by atoms with van der Waals surface area (Å²) in [5.41, 5.74) is -0.673. The summed E-state index contributed by atoms with van der Waals surface area (Å²) < 4.78 is 93.8. The third-order valence-electron chi connectivity index (χ3n) is 3.13. The van der Waals surface area contributed by atoms with Crippen molar-refractivity contribution in [2.75, 3.05) is 12.4 Å². The van der Waals surface area contributed by atoms with Gasteiger partial charge in [0.15, 0.2) is 0 Å². The SMILES string of the molecule is CCSc1cc(C(F)(F)F)cnc1/C(C)=N/N=C(\C)OCC(F)(P)C(F)(F)F. The molecule has 1 heterocycles. The van der Waals surface area contributed by atoms with Crippen LogP contribution in [0.15, 0.2) is 27.4 Å². The lowest BCUT2D eigenvalue weighted by Crippen LogP contribution is -2.39. The van der Waals surface area contributed by atoms with Crippen LogP contribution in [0.3, 0.4) is 0 Å². The highest BCUT2D eigenvalue weighted by Gasteiger charge is 2.53. The second kappa shape index (κ2) is 9.39. The average molecular weight is 451 g/mol. The first-order chi connectivity index (χ1) is 12.7. The van der Waals surface area contributed by atoms with Gasteiger partial charge in [-0.3, -0.25) is 4.98 Å². The normalized spacial score (nSPS) is 16.1. The van der Waals surface area contributed by atoms with E-state index in [1.807, 2.05) is 0 Å². The number of pyridine rings is 1. The molecule has 0 saturated carbocycles. The Hall–Kier alpha value is -1.42. The topological polar surface area (TPSA) is 46.8 Å². The zero-order chi connectivity index (χ0) is 21.8. The van der Waals surface area contributed by atoms with Crippen molar-refractivity contribution in [1.82, 2.24) is 4.98 Å². The maximum absolute atomic E-state index is 13.4. The predicted octanol–water partition coefficient (Wildman–Crippen LogP) is 5.47. The molecule has 2 unspecified atom stereocenters. The molecule has 2 atom stereocenters. The minimum atomic E-state index is -5.15. The fourth-order valence-electron chi connectivity index (χ4n) is 1.65. The first kappa shape index (κ1) is 24.6. The molecular formula is C15H17F7N3OPS. The zero-order valence-corrected chi connectivity index (χ0v) is 16.9. The number of ether oxygens (including phenoxy) is 1. The molecule has 0 bridgehead atoms. The van der Waals surface area contributed by atoms with Crippen LogP contribution in [0.1, 0.15) is 32.0 Å². The molecule has 0 saturated heterocycles. The molecule has 4 nitrogen and oxygen atoms in total. The van der Waals surface area contributed by atoms with Gasteiger partial charge < -0.3 is 4.74 Å². The standard InChI is InChI=1S/C15H17F7N3OPS/c1-4-28-11-5-10(14(17,18)19)6-23-12(11)8(2)24-25-9(3)26-7-13(16,27)15(20,21)22/h5-6H,4,7,27H2,1-3H3/b24-8+,25-9+. The number of alkyl halides is 7. The Morgan fingerprint density at radius 1 is 1.14 bits per heavy atom. The van der Waals surface area contributed by atoms with Gasteiger partial charge in [0.2, 0.25) is 5.90 Å². The smallest absolute Gasteiger partial charge is 0.429 e. The van der Waals surface area contributed by atoms with Crippen molar-refractivity contribution in [2.45, 2.75) is 43.4 Å². The summed E-state index contributed by atoms with van der Waals surface area (Å²) in [5.74, 6) is 0.114. The van der Waals surface area contributed by atoms with E-state index in [2.05, 4.69) is 19.9 Å². The van der Waals surface area contributed by atoms with Crippen molar-refractivity contribution in [3.8, 4) is 0 Å². The van der Waals surface area contributed by atoms with Gasteiger partial charge in [-0.1, -0.05) is 16.2 Å². The van der Waals surface area contributed by atoms with E-state index in [0.717, 1.165) is 34.0 Å². The molecule has 0 aliphatic rings. The summed E-state index contributed by atoms with van der Waals surface area (Å²) in [5, 5.41) is 3.58. The monoisotopic (exact) mass is 451 g/mol. The third-order valence-corrected chi connectivity index (χ3v) is 4.53. The molecule has 0 aliphatic heterocycles. The Bertz CT molecular complexity index is 748. The highest BCUT2D eigenvalue weighted by atomic mass is 32.2. The maximum Gasteiger partial charge on any atom is 0.429 e. The van der Waals surface area contributed by atoms with Crippen molar-refractivity contribution < 1.29 is 35.5 Å². The lowest BCUT2D eigenvalue weighted by Gasteiger charge is -2.22. The Kier molecular flexibility index (Phi) is 8.25. The van der Waals surface area contributed by atoms with Crippen LogP contribution in [0.5, 0.6) is 0 Å². The Morgan fingerprint density at radius 3 is 2.25 bits per heavy atom. The molecular weight excluding hydrogens is 434 g/mol. The van der Waals surface area contributed by atoms with E-state index >= 15 is 0 Å². The van der Waals surface area contributed by atoms with E-state index in [9.17, 15) is 30.7 Å². The molecule has 0 radical (unpaired) electrons. The molecule has 0 amide bonds. The van der Waals surface area contributed by atoms with Gasteiger partial charge >= 0.3 is 12.4 Å². The maximum atomic E-state index is 13.4. The fourth-order valence-corrected chi connectivity index (χ4v) is 2.59. The van der Waals surface area contributed by atoms with Gasteiger partial charge in [0.25, 0.3) is 5.41 Å². The van der Waals surface area contributed by atoms with Crippen LogP contribution >= 0.6 is 21.0 Å². The molecule has 0 fully saturated rings. The van der Waals surface area contributed by atoms with Crippen molar-refractivity contribution in [3.05, 3.63) is 23.5 Å². The largest absolute Gasteiger partial charge is 0.476 e. The number of halogens is 7. The molecule has 1 rings (SSSR count). The van der Waals surface area contributed by atoms with Crippen molar-refractivity contribution in [2.24, 2.45) is 10.2 Å². The van der Waals surface area contributed by atoms with E-state index in [-0.39, 0.29) is 22.2 Å². The van der Waals surface area contributed by atoms with Crippen molar-refractivity contribution >= 4 is 32.6 Å². The Balaban J connectivity index is 3.02. The molecule has 0 aromatic carbocycles. The van der Waals surface area contributed by atoms with Gasteiger partial charge in [-0.05, 0) is 18.7 Å². The number of hydrogen-bond donors (Lipinski definition) is 0. The fraction of sp³-hybridized carbons (Fsp3) is 0.533. The van der Waals surface area contributed by atoms with E-state index < -0.39 is 29.9 Å². The zero-order valence-electron chi connectivity index (χ0n) is 15.0. The van der Waals surface area contributed by atoms with Crippen molar-refractivity contribution in [1.29, 1.82) is 0 Å². The molecule has 28 heavy (non-hydrogen) atoms. The number of nitrogens with zero attached hydrogens (tertiary/aromatic N) is 3. The van der Waals surface area contributed by atoms with Gasteiger partial charge in [0, 0.05) is 18.0 Å². The summed E-state index contributed by atoms with van der Waals surface area (Å²) in [7, 11) is 1.02. The van der Waals surface area contributed by atoms with Crippen LogP contribution in [-0.4, -0.2) is 40.5 Å². The van der Waals surface area contributed by atoms with Crippen molar-refractivity contribution in [3.63, 3.8) is 0 Å². The number of rotatable bonds is 6. The summed E-state index contributed by atoms with van der Waals surface area (Å²) in [6, 6.07) is 0.928. The molecule has 0 N–H and O–H groups in total. The Morgan fingerprint density at radius 2 is 1.75 bits per heavy atom. The van der Waals surface area contributed by atoms with Crippen LogP contribution in [0.25, 0.3) is 0 Å². The Labute approximate surface area is 163 Å². The van der Waals surface area contributed by atoms with Crippen LogP contribution in [0.4, 0.5) is 30.7 Å². The highest BCUT2D eigenvalue weighted by Crippen LogP contribution is 2.39. The summed E-state index contributed by atoms with van der Waals surface area (Å²) >= 11 is 1.11. The first-order valence-electron chi connectivity index (χ1n) is 7.65. The molecule has 1 aromatic rings. The van der Waals surface area contributed by atoms with Crippen LogP contribution < -0.4 is 0 Å². The van der Waals surface area contributed by atoms with E-state index in [1.165, 1.54) is 6.92 Å². The third kappa shape index (κ3) is 6.88. The van der Waals surface area contributed by atoms with E-state index in [1.54, 1.807) is 6.92 Å². The van der Waals surface area contributed by atoms with Crippen LogP contribution in [0, 0.1) is 0 Å². The molecule has 0 aliphatic carbocycles. The first-order valence-corrected chi connectivity index (χ1v) is 9.22. The van der Waals surface area contributed by atoms with Gasteiger partial charge in [-0.2, -0.15) is 31.4 Å². The van der Waals surface area contributed by atoms with Gasteiger partial charge in [-0.25, -0.2) is 4.39 Å². The van der Waals surface area contributed by atoms with E-state index in [4.69, 9.17) is 0 Å². The van der Waals surface area contributed by atoms with Gasteiger partial charge in [-0.15, -0.1) is 16.9 Å². The minimum Gasteiger partial charge on any atom is -0.476 e. The van der Waals surface area contributed by atoms with Gasteiger partial charge in [0.05, 0.1) is 17.0 Å². The lowest BCUT2D eigenvalue weighted by atomic mass is 10.2. The molecule has 158 valence electrons. The average Bonchev–Trinajstić information content (AvgIpc) is 2.56. The number of thioether (sulfide) groups is 1. The second-order valence-electron chi connectivity index (χ2n) is 5.45. The number of hydrogen-bond acceptors (Lipinski definition) is 5. The molecule has 0 spiro atoms. The summed E-state index contributed by atoms with van der Waals surface area (Å²) in [6.45, 7) is 2.97. The quantitative estimate of drug-likeness (QED) is 0.144. The van der Waals surface area contributed by atoms with Crippen LogP contribution in [-0.2, 0) is 10.9 Å². The van der Waals surface area contributed by atoms with E-state index in [0.29, 0.717) is 11.9 Å². The minimum absolute atomic E-state index is 0.112. The molecule has 1 aromatic heterocycles. The van der Waals surface area contributed by atoms with Crippen LogP contribution in [0.2, 0.25) is 0 Å². The highest BCUT2D eigenvalue weighted by molar-refractivity contribution is 7.99. The second-order valence-corrected chi connectivity index (χ2v) is 7.68. The summed E-state index contributed by atoms with van der Waals surface area (Å²) in [6.07, 6.45) is -9.05.